The van der Waals surface area contributed by atoms with Crippen LogP contribution in [0.25, 0.3) is 11.3 Å². The Labute approximate surface area is 83.6 Å². The molecule has 2 aromatic rings. The van der Waals surface area contributed by atoms with E-state index < -0.39 is 0 Å². The lowest BCUT2D eigenvalue weighted by molar-refractivity contribution is 0.572. The minimum absolute atomic E-state index is 0.726. The molecule has 0 spiro atoms. The van der Waals surface area contributed by atoms with Gasteiger partial charge in [-0.1, -0.05) is 26.0 Å². The lowest BCUT2D eigenvalue weighted by atomic mass is 10.2. The fraction of sp³-hybridized carbons (Fsp3) is 0.182. The predicted molar refractivity (Wildman–Crippen MR) is 57.7 cm³/mol. The molecule has 2 rings (SSSR count). The first-order valence-electron chi connectivity index (χ1n) is 4.60. The summed E-state index contributed by atoms with van der Waals surface area (Å²) < 4.78 is 5.11. The van der Waals surface area contributed by atoms with E-state index in [0.717, 1.165) is 17.0 Å². The Morgan fingerprint density at radius 3 is 2.64 bits per heavy atom. The minimum Gasteiger partial charge on any atom is -0.444 e. The van der Waals surface area contributed by atoms with E-state index in [2.05, 4.69) is 4.98 Å². The van der Waals surface area contributed by atoms with Gasteiger partial charge in [0, 0.05) is 11.3 Å². The molecule has 3 heteroatoms. The number of nitrogens with zero attached hydrogens (tertiary/aromatic N) is 1. The molecule has 0 radical (unpaired) electrons. The molecule has 0 fully saturated rings. The molecule has 0 atom stereocenters. The van der Waals surface area contributed by atoms with Crippen LogP contribution in [0, 0.1) is 0 Å². The quantitative estimate of drug-likeness (QED) is 0.703. The van der Waals surface area contributed by atoms with E-state index in [-0.39, 0.29) is 0 Å². The van der Waals surface area contributed by atoms with Crippen molar-refractivity contribution in [3.8, 4) is 11.3 Å². The number of benzene rings is 1. The van der Waals surface area contributed by atoms with Gasteiger partial charge >= 0.3 is 0 Å². The Morgan fingerprint density at radius 2 is 2.07 bits per heavy atom. The van der Waals surface area contributed by atoms with Gasteiger partial charge in [-0.15, -0.1) is 0 Å². The highest BCUT2D eigenvalue weighted by Gasteiger charge is 1.99. The largest absolute Gasteiger partial charge is 0.444 e. The highest BCUT2D eigenvalue weighted by Crippen LogP contribution is 2.19. The van der Waals surface area contributed by atoms with Gasteiger partial charge in [0.05, 0.1) is 6.20 Å². The normalized spacial score (nSPS) is 9.00. The molecular weight excluding hydrogens is 176 g/mol. The molecule has 0 saturated heterocycles. The average molecular weight is 190 g/mol. The molecule has 0 unspecified atom stereocenters. The van der Waals surface area contributed by atoms with E-state index in [1.165, 1.54) is 6.39 Å². The second kappa shape index (κ2) is 5.07. The first-order chi connectivity index (χ1) is 6.86. The summed E-state index contributed by atoms with van der Waals surface area (Å²) in [5.41, 5.74) is 7.28. The standard InChI is InChI=1S/C9H8N2O.C2H6/c10-8-3-1-2-7(4-8)9-5-11-6-12-9;1-2/h1-6H,10H2;1-2H3. The van der Waals surface area contributed by atoms with Crippen molar-refractivity contribution in [2.24, 2.45) is 0 Å². The first kappa shape index (κ1) is 10.3. The zero-order valence-electron chi connectivity index (χ0n) is 8.40. The van der Waals surface area contributed by atoms with Crippen LogP contribution < -0.4 is 5.73 Å². The Hall–Kier alpha value is -1.77. The fourth-order valence-corrected chi connectivity index (χ4v) is 1.05. The van der Waals surface area contributed by atoms with Crippen LogP contribution in [0.15, 0.2) is 41.3 Å². The lowest BCUT2D eigenvalue weighted by Gasteiger charge is -1.96. The summed E-state index contributed by atoms with van der Waals surface area (Å²) in [6.45, 7) is 4.00. The van der Waals surface area contributed by atoms with Crippen LogP contribution in [0.4, 0.5) is 5.69 Å². The van der Waals surface area contributed by atoms with Crippen molar-refractivity contribution in [1.82, 2.24) is 4.98 Å². The number of hydrogen-bond acceptors (Lipinski definition) is 3. The van der Waals surface area contributed by atoms with E-state index in [4.69, 9.17) is 10.2 Å². The Morgan fingerprint density at radius 1 is 1.29 bits per heavy atom. The first-order valence-corrected chi connectivity index (χ1v) is 4.60. The minimum atomic E-state index is 0.726. The molecule has 2 N–H and O–H groups in total. The van der Waals surface area contributed by atoms with Crippen molar-refractivity contribution in [3.63, 3.8) is 0 Å². The summed E-state index contributed by atoms with van der Waals surface area (Å²) in [6.07, 6.45) is 3.06. The average Bonchev–Trinajstić information content (AvgIpc) is 2.74. The number of nitrogens with two attached hydrogens (primary N) is 1. The monoisotopic (exact) mass is 190 g/mol. The molecule has 14 heavy (non-hydrogen) atoms. The molecule has 0 aliphatic heterocycles. The summed E-state index contributed by atoms with van der Waals surface area (Å²) in [4.78, 5) is 3.82. The molecule has 1 heterocycles. The zero-order chi connectivity index (χ0) is 10.4. The van der Waals surface area contributed by atoms with Gasteiger partial charge in [-0.05, 0) is 12.1 Å². The summed E-state index contributed by atoms with van der Waals surface area (Å²) in [5, 5.41) is 0. The van der Waals surface area contributed by atoms with Gasteiger partial charge in [0.25, 0.3) is 0 Å². The zero-order valence-corrected chi connectivity index (χ0v) is 8.40. The maximum Gasteiger partial charge on any atom is 0.181 e. The maximum absolute atomic E-state index is 5.60. The third-order valence-electron chi connectivity index (χ3n) is 1.60. The molecule has 1 aromatic heterocycles. The van der Waals surface area contributed by atoms with Crippen LogP contribution in [-0.4, -0.2) is 4.98 Å². The van der Waals surface area contributed by atoms with Crippen molar-refractivity contribution >= 4 is 5.69 Å². The molecule has 0 aliphatic carbocycles. The smallest absolute Gasteiger partial charge is 0.181 e. The van der Waals surface area contributed by atoms with Crippen molar-refractivity contribution in [3.05, 3.63) is 36.9 Å². The maximum atomic E-state index is 5.60. The number of rotatable bonds is 1. The van der Waals surface area contributed by atoms with Crippen molar-refractivity contribution < 1.29 is 4.42 Å². The molecule has 3 nitrogen and oxygen atoms in total. The van der Waals surface area contributed by atoms with Gasteiger partial charge in [-0.25, -0.2) is 4.98 Å². The number of hydrogen-bond donors (Lipinski definition) is 1. The summed E-state index contributed by atoms with van der Waals surface area (Å²) in [7, 11) is 0. The SMILES string of the molecule is CC.Nc1cccc(-c2cnco2)c1. The third kappa shape index (κ3) is 2.36. The number of nitrogen functional groups attached to an aromatic ring is 1. The van der Waals surface area contributed by atoms with Gasteiger partial charge in [0.15, 0.2) is 12.2 Å². The van der Waals surface area contributed by atoms with E-state index >= 15 is 0 Å². The predicted octanol–water partition coefficient (Wildman–Crippen LogP) is 2.95. The van der Waals surface area contributed by atoms with Crippen molar-refractivity contribution in [2.45, 2.75) is 13.8 Å². The van der Waals surface area contributed by atoms with E-state index in [9.17, 15) is 0 Å². The van der Waals surface area contributed by atoms with E-state index in [1.54, 1.807) is 6.20 Å². The van der Waals surface area contributed by atoms with Crippen LogP contribution in [0.2, 0.25) is 0 Å². The van der Waals surface area contributed by atoms with Gasteiger partial charge in [0.1, 0.15) is 0 Å². The Balaban J connectivity index is 0.000000461. The van der Waals surface area contributed by atoms with Crippen LogP contribution in [0.5, 0.6) is 0 Å². The molecule has 0 aliphatic rings. The summed E-state index contributed by atoms with van der Waals surface area (Å²) in [5.74, 6) is 0.738. The summed E-state index contributed by atoms with van der Waals surface area (Å²) >= 11 is 0. The second-order valence-corrected chi connectivity index (χ2v) is 2.49. The third-order valence-corrected chi connectivity index (χ3v) is 1.60. The molecule has 0 amide bonds. The lowest BCUT2D eigenvalue weighted by Crippen LogP contribution is -1.83. The summed E-state index contributed by atoms with van der Waals surface area (Å²) in [6, 6.07) is 7.49. The van der Waals surface area contributed by atoms with Crippen LogP contribution in [0.3, 0.4) is 0 Å². The number of anilines is 1. The highest BCUT2D eigenvalue weighted by molar-refractivity contribution is 5.61. The molecular formula is C11H14N2O. The van der Waals surface area contributed by atoms with E-state index in [0.29, 0.717) is 0 Å². The second-order valence-electron chi connectivity index (χ2n) is 2.49. The molecule has 74 valence electrons. The van der Waals surface area contributed by atoms with Crippen LogP contribution in [-0.2, 0) is 0 Å². The molecule has 0 bridgehead atoms. The Kier molecular flexibility index (Phi) is 3.73. The highest BCUT2D eigenvalue weighted by atomic mass is 16.3. The van der Waals surface area contributed by atoms with Gasteiger partial charge < -0.3 is 10.2 Å². The van der Waals surface area contributed by atoms with Gasteiger partial charge in [0.2, 0.25) is 0 Å². The van der Waals surface area contributed by atoms with Gasteiger partial charge in [-0.2, -0.15) is 0 Å². The van der Waals surface area contributed by atoms with Crippen molar-refractivity contribution in [2.75, 3.05) is 5.73 Å². The number of aromatic nitrogens is 1. The molecule has 0 saturated carbocycles. The number of oxazole rings is 1. The van der Waals surface area contributed by atoms with Crippen LogP contribution >= 0.6 is 0 Å². The molecule has 1 aromatic carbocycles. The fourth-order valence-electron chi connectivity index (χ4n) is 1.05. The van der Waals surface area contributed by atoms with Crippen molar-refractivity contribution in [1.29, 1.82) is 0 Å². The Bertz CT molecular complexity index is 369. The van der Waals surface area contributed by atoms with Gasteiger partial charge in [-0.3, -0.25) is 0 Å². The van der Waals surface area contributed by atoms with Crippen LogP contribution in [0.1, 0.15) is 13.8 Å². The topological polar surface area (TPSA) is 52.0 Å². The van der Waals surface area contributed by atoms with E-state index in [1.807, 2.05) is 38.1 Å².